The lowest BCUT2D eigenvalue weighted by molar-refractivity contribution is -0.122. The van der Waals surface area contributed by atoms with Gasteiger partial charge in [0.25, 0.3) is 5.91 Å². The fourth-order valence-corrected chi connectivity index (χ4v) is 6.85. The van der Waals surface area contributed by atoms with E-state index >= 15 is 0 Å². The summed E-state index contributed by atoms with van der Waals surface area (Å²) >= 11 is 14.7. The van der Waals surface area contributed by atoms with E-state index in [4.69, 9.17) is 23.8 Å². The van der Waals surface area contributed by atoms with Gasteiger partial charge in [-0.3, -0.25) is 19.4 Å². The Bertz CT molecular complexity index is 1400. The first-order valence-corrected chi connectivity index (χ1v) is 14.5. The van der Waals surface area contributed by atoms with Gasteiger partial charge in [0, 0.05) is 27.8 Å². The Hall–Kier alpha value is -2.58. The Balaban J connectivity index is 1.17. The number of fused-ring (bicyclic) bond motifs is 2. The van der Waals surface area contributed by atoms with Crippen molar-refractivity contribution in [3.05, 3.63) is 87.8 Å². The van der Waals surface area contributed by atoms with E-state index in [2.05, 4.69) is 0 Å². The second kappa shape index (κ2) is 11.4. The minimum atomic E-state index is -0.0393. The number of anilines is 2. The van der Waals surface area contributed by atoms with Gasteiger partial charge in [-0.15, -0.1) is 0 Å². The van der Waals surface area contributed by atoms with Crippen molar-refractivity contribution in [2.75, 3.05) is 11.4 Å². The van der Waals surface area contributed by atoms with Crippen LogP contribution in [0, 0.1) is 6.92 Å². The number of carbonyl (C=O) groups excluding carboxylic acids is 2. The first-order valence-electron chi connectivity index (χ1n) is 12.1. The average Bonchev–Trinajstić information content (AvgIpc) is 3.15. The summed E-state index contributed by atoms with van der Waals surface area (Å²) in [7, 11) is 0. The van der Waals surface area contributed by atoms with Gasteiger partial charge in [-0.2, -0.15) is 0 Å². The van der Waals surface area contributed by atoms with Crippen LogP contribution >= 0.6 is 47.3 Å². The van der Waals surface area contributed by atoms with Gasteiger partial charge in [0.15, 0.2) is 0 Å². The number of nitrogens with zero attached hydrogens (tertiary/aromatic N) is 2. The fourth-order valence-electron chi connectivity index (χ4n) is 4.34. The van der Waals surface area contributed by atoms with Crippen LogP contribution in [0.25, 0.3) is 6.08 Å². The minimum Gasteiger partial charge on any atom is -0.293 e. The molecule has 2 aliphatic heterocycles. The number of rotatable bonds is 7. The summed E-state index contributed by atoms with van der Waals surface area (Å²) < 4.78 is 0.593. The summed E-state index contributed by atoms with van der Waals surface area (Å²) in [5.74, 6) is 0.00507. The van der Waals surface area contributed by atoms with Gasteiger partial charge >= 0.3 is 0 Å². The molecular formula is C29H25ClN2O2S3. The number of amides is 2. The maximum Gasteiger partial charge on any atom is 0.266 e. The van der Waals surface area contributed by atoms with E-state index in [-0.39, 0.29) is 11.8 Å². The topological polar surface area (TPSA) is 40.6 Å². The van der Waals surface area contributed by atoms with Gasteiger partial charge in [0.2, 0.25) is 5.91 Å². The van der Waals surface area contributed by atoms with Crippen molar-refractivity contribution in [1.82, 2.24) is 4.90 Å². The van der Waals surface area contributed by atoms with Crippen LogP contribution in [-0.2, 0) is 9.59 Å². The number of hydrogen-bond acceptors (Lipinski definition) is 5. The lowest BCUT2D eigenvalue weighted by Gasteiger charge is -2.31. The summed E-state index contributed by atoms with van der Waals surface area (Å²) in [6.45, 7) is 2.60. The maximum atomic E-state index is 13.4. The molecule has 2 aliphatic rings. The molecule has 0 bridgehead atoms. The van der Waals surface area contributed by atoms with E-state index < -0.39 is 0 Å². The van der Waals surface area contributed by atoms with Crippen molar-refractivity contribution in [2.24, 2.45) is 0 Å². The monoisotopic (exact) mass is 564 g/mol. The lowest BCUT2D eigenvalue weighted by Crippen LogP contribution is -2.29. The number of aryl methyl sites for hydroxylation is 1. The number of thiocarbonyl (C=S) groups is 1. The van der Waals surface area contributed by atoms with Crippen LogP contribution < -0.4 is 4.90 Å². The number of thioether (sulfide) groups is 1. The first-order chi connectivity index (χ1) is 17.9. The highest BCUT2D eigenvalue weighted by atomic mass is 35.5. The molecule has 0 N–H and O–H groups in total. The number of halogens is 1. The largest absolute Gasteiger partial charge is 0.293 e. The van der Waals surface area contributed by atoms with Gasteiger partial charge in [-0.25, -0.2) is 0 Å². The molecular weight excluding hydrogens is 540 g/mol. The van der Waals surface area contributed by atoms with Crippen molar-refractivity contribution in [3.63, 3.8) is 0 Å². The molecule has 0 aliphatic carbocycles. The Morgan fingerprint density at radius 2 is 1.70 bits per heavy atom. The molecule has 2 heterocycles. The highest BCUT2D eigenvalue weighted by Gasteiger charge is 2.32. The molecule has 1 saturated heterocycles. The molecule has 0 spiro atoms. The SMILES string of the molecule is Cc1ccc(C=C2SC(=S)N(CCCCCC(=O)N3c4ccccc4Sc4ccc(Cl)cc43)C2=O)cc1. The summed E-state index contributed by atoms with van der Waals surface area (Å²) in [6.07, 6.45) is 4.65. The molecule has 0 unspecified atom stereocenters. The van der Waals surface area contributed by atoms with E-state index in [1.54, 1.807) is 21.6 Å². The normalized spacial score (nSPS) is 15.8. The molecule has 3 aromatic carbocycles. The van der Waals surface area contributed by atoms with Crippen molar-refractivity contribution in [1.29, 1.82) is 0 Å². The zero-order chi connectivity index (χ0) is 25.9. The van der Waals surface area contributed by atoms with E-state index in [0.717, 1.165) is 46.0 Å². The molecule has 0 saturated carbocycles. The summed E-state index contributed by atoms with van der Waals surface area (Å²) in [5.41, 5.74) is 3.90. The van der Waals surface area contributed by atoms with Gasteiger partial charge in [-0.05, 0) is 61.7 Å². The van der Waals surface area contributed by atoms with E-state index in [9.17, 15) is 9.59 Å². The highest BCUT2D eigenvalue weighted by molar-refractivity contribution is 8.26. The van der Waals surface area contributed by atoms with Crippen molar-refractivity contribution >= 4 is 80.9 Å². The molecule has 0 atom stereocenters. The third-order valence-corrected chi connectivity index (χ3v) is 9.00. The van der Waals surface area contributed by atoms with E-state index in [0.29, 0.717) is 27.2 Å². The second-order valence-electron chi connectivity index (χ2n) is 8.97. The van der Waals surface area contributed by atoms with Gasteiger partial charge in [-0.1, -0.05) is 95.7 Å². The fraction of sp³-hybridized carbons (Fsp3) is 0.207. The molecule has 1 fully saturated rings. The predicted octanol–water partition coefficient (Wildman–Crippen LogP) is 8.24. The van der Waals surface area contributed by atoms with Crippen LogP contribution in [0.5, 0.6) is 0 Å². The number of unbranched alkanes of at least 4 members (excludes halogenated alkanes) is 2. The summed E-state index contributed by atoms with van der Waals surface area (Å²) in [5, 5.41) is 0.608. The van der Waals surface area contributed by atoms with E-state index in [1.165, 1.54) is 17.3 Å². The number of carbonyl (C=O) groups is 2. The minimum absolute atomic E-state index is 0.0393. The number of para-hydroxylation sites is 1. The number of hydrogen-bond donors (Lipinski definition) is 0. The molecule has 37 heavy (non-hydrogen) atoms. The Morgan fingerprint density at radius 3 is 2.51 bits per heavy atom. The third kappa shape index (κ3) is 5.80. The predicted molar refractivity (Wildman–Crippen MR) is 159 cm³/mol. The highest BCUT2D eigenvalue weighted by Crippen LogP contribution is 2.49. The summed E-state index contributed by atoms with van der Waals surface area (Å²) in [6, 6.07) is 21.7. The second-order valence-corrected chi connectivity index (χ2v) is 12.2. The Morgan fingerprint density at radius 1 is 0.946 bits per heavy atom. The van der Waals surface area contributed by atoms with Gasteiger partial charge < -0.3 is 0 Å². The molecule has 188 valence electrons. The van der Waals surface area contributed by atoms with Gasteiger partial charge in [0.05, 0.1) is 16.3 Å². The summed E-state index contributed by atoms with van der Waals surface area (Å²) in [4.78, 5) is 32.5. The lowest BCUT2D eigenvalue weighted by atomic mass is 10.1. The Kier molecular flexibility index (Phi) is 8.05. The van der Waals surface area contributed by atoms with Crippen LogP contribution in [0.1, 0.15) is 36.8 Å². The average molecular weight is 565 g/mol. The standard InChI is InChI=1S/C29H25ClN2O2S3/c1-19-10-12-20(13-11-19)17-26-28(34)31(29(35)37-26)16-6-2-3-9-27(33)32-22-7-4-5-8-24(22)36-25-15-14-21(30)18-23(25)32/h4-5,7-8,10-15,17-18H,2-3,6,9,16H2,1H3. The zero-order valence-electron chi connectivity index (χ0n) is 20.3. The molecule has 3 aromatic rings. The quantitative estimate of drug-likeness (QED) is 0.164. The van der Waals surface area contributed by atoms with Crippen LogP contribution in [0.3, 0.4) is 0 Å². The molecule has 0 radical (unpaired) electrons. The molecule has 4 nitrogen and oxygen atoms in total. The molecule has 0 aromatic heterocycles. The third-order valence-electron chi connectivity index (χ3n) is 6.26. The number of benzene rings is 3. The first kappa shape index (κ1) is 26.0. The molecule has 8 heteroatoms. The van der Waals surface area contributed by atoms with Crippen LogP contribution in [0.15, 0.2) is 81.4 Å². The van der Waals surface area contributed by atoms with Gasteiger partial charge in [0.1, 0.15) is 4.32 Å². The molecule has 5 rings (SSSR count). The van der Waals surface area contributed by atoms with E-state index in [1.807, 2.05) is 79.7 Å². The van der Waals surface area contributed by atoms with Crippen molar-refractivity contribution in [2.45, 2.75) is 42.4 Å². The van der Waals surface area contributed by atoms with Crippen molar-refractivity contribution in [3.8, 4) is 0 Å². The Labute approximate surface area is 236 Å². The van der Waals surface area contributed by atoms with Crippen molar-refractivity contribution < 1.29 is 9.59 Å². The molecule has 2 amide bonds. The maximum absolute atomic E-state index is 13.4. The smallest absolute Gasteiger partial charge is 0.266 e. The van der Waals surface area contributed by atoms with Crippen LogP contribution in [0.2, 0.25) is 5.02 Å². The zero-order valence-corrected chi connectivity index (χ0v) is 23.5. The van der Waals surface area contributed by atoms with Crippen LogP contribution in [0.4, 0.5) is 11.4 Å². The van der Waals surface area contributed by atoms with Crippen LogP contribution in [-0.4, -0.2) is 27.6 Å².